The van der Waals surface area contributed by atoms with Crippen molar-refractivity contribution in [3.05, 3.63) is 23.8 Å². The van der Waals surface area contributed by atoms with Crippen LogP contribution >= 0.6 is 0 Å². The number of rotatable bonds is 7. The minimum absolute atomic E-state index is 0.162. The zero-order chi connectivity index (χ0) is 25.2. The molecule has 2 aliphatic heterocycles. The predicted molar refractivity (Wildman–Crippen MR) is 140 cm³/mol. The summed E-state index contributed by atoms with van der Waals surface area (Å²) in [7, 11) is -1.14. The van der Waals surface area contributed by atoms with Crippen molar-refractivity contribution in [2.24, 2.45) is 0 Å². The molecule has 0 aromatic carbocycles. The van der Waals surface area contributed by atoms with Crippen LogP contribution in [-0.4, -0.2) is 72.1 Å². The molecule has 1 unspecified atom stereocenters. The lowest BCUT2D eigenvalue weighted by Gasteiger charge is -2.24. The Kier molecular flexibility index (Phi) is 7.88. The number of carbonyl (C=O) groups excluding carboxylic acids is 1. The van der Waals surface area contributed by atoms with E-state index in [0.29, 0.717) is 25.7 Å². The van der Waals surface area contributed by atoms with Crippen molar-refractivity contribution in [3.8, 4) is 0 Å². The number of hydrogen-bond acceptors (Lipinski definition) is 6. The maximum absolute atomic E-state index is 12.7. The van der Waals surface area contributed by atoms with Gasteiger partial charge in [-0.25, -0.2) is 14.8 Å². The average Bonchev–Trinajstić information content (AvgIpc) is 3.41. The fraction of sp³-hybridized carbons (Fsp3) is 0.731. The van der Waals surface area contributed by atoms with E-state index >= 15 is 0 Å². The number of fused-ring (bicyclic) bond motifs is 1. The van der Waals surface area contributed by atoms with E-state index in [9.17, 15) is 4.79 Å². The van der Waals surface area contributed by atoms with Gasteiger partial charge in [-0.15, -0.1) is 0 Å². The molecule has 1 amide bonds. The largest absolute Gasteiger partial charge is 0.444 e. The van der Waals surface area contributed by atoms with Gasteiger partial charge < -0.3 is 23.7 Å². The number of hydrogen-bond donors (Lipinski definition) is 0. The summed E-state index contributed by atoms with van der Waals surface area (Å²) in [6, 6.07) is 1.14. The molecule has 0 radical (unpaired) electrons. The van der Waals surface area contributed by atoms with Crippen LogP contribution in [0.25, 0.3) is 11.0 Å². The molecular formula is C26H42N4O4Si. The molecule has 2 aromatic rings. The topological polar surface area (TPSA) is 78.7 Å². The Morgan fingerprint density at radius 3 is 2.57 bits per heavy atom. The lowest BCUT2D eigenvalue weighted by molar-refractivity contribution is 0.0292. The molecule has 2 saturated heterocycles. The number of carbonyl (C=O) groups is 1. The molecule has 194 valence electrons. The first-order chi connectivity index (χ1) is 16.5. The third-order valence-electron chi connectivity index (χ3n) is 6.83. The van der Waals surface area contributed by atoms with E-state index in [0.717, 1.165) is 61.9 Å². The highest BCUT2D eigenvalue weighted by Crippen LogP contribution is 2.38. The number of aromatic nitrogens is 3. The summed E-state index contributed by atoms with van der Waals surface area (Å²) >= 11 is 0. The van der Waals surface area contributed by atoms with Crippen LogP contribution in [0.15, 0.2) is 12.5 Å². The molecule has 0 bridgehead atoms. The smallest absolute Gasteiger partial charge is 0.410 e. The van der Waals surface area contributed by atoms with Gasteiger partial charge in [-0.1, -0.05) is 19.6 Å². The van der Waals surface area contributed by atoms with E-state index in [2.05, 4.69) is 30.4 Å². The zero-order valence-electron chi connectivity index (χ0n) is 22.3. The van der Waals surface area contributed by atoms with E-state index in [1.165, 1.54) is 5.56 Å². The van der Waals surface area contributed by atoms with E-state index in [4.69, 9.17) is 24.2 Å². The summed E-state index contributed by atoms with van der Waals surface area (Å²) in [5.74, 6) is 0.581. The summed E-state index contributed by atoms with van der Waals surface area (Å²) in [6.07, 6.45) is 6.52. The number of nitrogens with zero attached hydrogens (tertiary/aromatic N) is 4. The maximum atomic E-state index is 12.7. The van der Waals surface area contributed by atoms with Gasteiger partial charge in [0.05, 0.1) is 5.69 Å². The highest BCUT2D eigenvalue weighted by atomic mass is 28.3. The third-order valence-corrected chi connectivity index (χ3v) is 8.53. The third kappa shape index (κ3) is 6.62. The van der Waals surface area contributed by atoms with E-state index in [1.807, 2.05) is 25.7 Å². The second-order valence-corrected chi connectivity index (χ2v) is 17.8. The average molecular weight is 503 g/mol. The van der Waals surface area contributed by atoms with Crippen molar-refractivity contribution >= 4 is 25.2 Å². The summed E-state index contributed by atoms with van der Waals surface area (Å²) in [4.78, 5) is 24.0. The van der Waals surface area contributed by atoms with Crippen LogP contribution in [0.2, 0.25) is 25.7 Å². The number of ether oxygens (including phenoxy) is 3. The lowest BCUT2D eigenvalue weighted by Crippen LogP contribution is -2.35. The molecule has 0 N–H and O–H groups in total. The first-order valence-electron chi connectivity index (χ1n) is 13.0. The molecule has 0 saturated carbocycles. The Hall–Kier alpha value is -1.97. The second-order valence-electron chi connectivity index (χ2n) is 12.2. The minimum atomic E-state index is -1.14. The Bertz CT molecular complexity index is 1020. The van der Waals surface area contributed by atoms with Gasteiger partial charge in [-0.05, 0) is 57.6 Å². The first-order valence-corrected chi connectivity index (χ1v) is 16.7. The van der Waals surface area contributed by atoms with E-state index < -0.39 is 13.7 Å². The van der Waals surface area contributed by atoms with Gasteiger partial charge in [0, 0.05) is 58.5 Å². The molecule has 2 aromatic heterocycles. The van der Waals surface area contributed by atoms with Crippen molar-refractivity contribution in [1.82, 2.24) is 19.4 Å². The fourth-order valence-electron chi connectivity index (χ4n) is 4.92. The van der Waals surface area contributed by atoms with Crippen LogP contribution in [0.1, 0.15) is 63.1 Å². The quantitative estimate of drug-likeness (QED) is 0.374. The van der Waals surface area contributed by atoms with Crippen LogP contribution in [0.4, 0.5) is 4.79 Å². The normalized spacial score (nSPS) is 20.1. The van der Waals surface area contributed by atoms with Gasteiger partial charge in [-0.2, -0.15) is 0 Å². The zero-order valence-corrected chi connectivity index (χ0v) is 23.3. The van der Waals surface area contributed by atoms with Crippen molar-refractivity contribution in [3.63, 3.8) is 0 Å². The second kappa shape index (κ2) is 10.6. The molecule has 2 aliphatic rings. The molecule has 0 spiro atoms. The van der Waals surface area contributed by atoms with Gasteiger partial charge in [0.1, 0.15) is 24.3 Å². The van der Waals surface area contributed by atoms with Crippen molar-refractivity contribution in [2.45, 2.75) is 89.9 Å². The molecule has 4 rings (SSSR count). The van der Waals surface area contributed by atoms with Crippen molar-refractivity contribution < 1.29 is 19.0 Å². The van der Waals surface area contributed by atoms with Crippen LogP contribution in [0.3, 0.4) is 0 Å². The minimum Gasteiger partial charge on any atom is -0.444 e. The van der Waals surface area contributed by atoms with Crippen LogP contribution < -0.4 is 0 Å². The van der Waals surface area contributed by atoms with Crippen molar-refractivity contribution in [2.75, 3.05) is 32.9 Å². The molecule has 35 heavy (non-hydrogen) atoms. The Labute approximate surface area is 210 Å². The lowest BCUT2D eigenvalue weighted by atomic mass is 9.89. The predicted octanol–water partition coefficient (Wildman–Crippen LogP) is 5.36. The van der Waals surface area contributed by atoms with Gasteiger partial charge in [0.25, 0.3) is 0 Å². The van der Waals surface area contributed by atoms with E-state index in [1.54, 1.807) is 6.33 Å². The monoisotopic (exact) mass is 502 g/mol. The SMILES string of the molecule is CC(C)(C)OC(=O)N1CCC(c2ncnc3c2c(C2CCOCC2)cn3COCC[Si](C)(C)C)C1. The number of likely N-dealkylation sites (tertiary alicyclic amines) is 1. The molecule has 2 fully saturated rings. The molecule has 9 heteroatoms. The van der Waals surface area contributed by atoms with Gasteiger partial charge in [-0.3, -0.25) is 0 Å². The summed E-state index contributed by atoms with van der Waals surface area (Å²) < 4.78 is 19.5. The fourth-order valence-corrected chi connectivity index (χ4v) is 5.68. The highest BCUT2D eigenvalue weighted by Gasteiger charge is 2.34. The highest BCUT2D eigenvalue weighted by molar-refractivity contribution is 6.76. The standard InChI is InChI=1S/C26H42N4O4Si/c1-26(2,3)34-25(31)29-10-7-20(15-29)23-22-21(19-8-11-32-12-9-19)16-30(24(22)28-17-27-23)18-33-13-14-35(4,5)6/h16-17,19-20H,7-15,18H2,1-6H3. The van der Waals surface area contributed by atoms with Crippen molar-refractivity contribution in [1.29, 1.82) is 0 Å². The summed E-state index contributed by atoms with van der Waals surface area (Å²) in [6.45, 7) is 16.9. The molecule has 0 aliphatic carbocycles. The molecule has 1 atom stereocenters. The Balaban J connectivity index is 1.60. The molecule has 4 heterocycles. The summed E-state index contributed by atoms with van der Waals surface area (Å²) in [5, 5.41) is 1.14. The molecular weight excluding hydrogens is 460 g/mol. The first kappa shape index (κ1) is 26.1. The molecule has 8 nitrogen and oxygen atoms in total. The van der Waals surface area contributed by atoms with Crippen LogP contribution in [-0.2, 0) is 20.9 Å². The van der Waals surface area contributed by atoms with Gasteiger partial charge in [0.2, 0.25) is 0 Å². The Morgan fingerprint density at radius 2 is 1.89 bits per heavy atom. The summed E-state index contributed by atoms with van der Waals surface area (Å²) in [5.41, 5.74) is 2.77. The van der Waals surface area contributed by atoms with Crippen LogP contribution in [0.5, 0.6) is 0 Å². The Morgan fingerprint density at radius 1 is 1.14 bits per heavy atom. The maximum Gasteiger partial charge on any atom is 0.410 e. The van der Waals surface area contributed by atoms with Gasteiger partial charge in [0.15, 0.2) is 0 Å². The van der Waals surface area contributed by atoms with Gasteiger partial charge >= 0.3 is 6.09 Å². The number of amides is 1. The van der Waals surface area contributed by atoms with Crippen LogP contribution in [0, 0.1) is 0 Å². The van der Waals surface area contributed by atoms with E-state index in [-0.39, 0.29) is 12.0 Å².